The van der Waals surface area contributed by atoms with Crippen molar-refractivity contribution in [2.45, 2.75) is 24.4 Å². The van der Waals surface area contributed by atoms with Gasteiger partial charge in [0, 0.05) is 27.8 Å². The maximum Gasteiger partial charge on any atom is 0.430 e. The van der Waals surface area contributed by atoms with Crippen LogP contribution in [0.5, 0.6) is 0 Å². The Bertz CT molecular complexity index is 1030. The number of aliphatic imine (C=N–C) groups is 1. The van der Waals surface area contributed by atoms with Crippen molar-refractivity contribution in [3.63, 3.8) is 0 Å². The third-order valence-electron chi connectivity index (χ3n) is 4.55. The smallest absolute Gasteiger partial charge is 0.395 e. The van der Waals surface area contributed by atoms with Crippen molar-refractivity contribution in [3.05, 3.63) is 58.1 Å². The van der Waals surface area contributed by atoms with E-state index >= 15 is 0 Å². The molecule has 1 aliphatic rings. The Morgan fingerprint density at radius 2 is 2.13 bits per heavy atom. The van der Waals surface area contributed by atoms with E-state index in [0.717, 1.165) is 0 Å². The number of aromatic nitrogens is 2. The molecule has 0 aliphatic heterocycles. The van der Waals surface area contributed by atoms with Crippen molar-refractivity contribution in [1.29, 1.82) is 0 Å². The van der Waals surface area contributed by atoms with Gasteiger partial charge in [-0.3, -0.25) is 9.20 Å². The summed E-state index contributed by atoms with van der Waals surface area (Å²) in [5.41, 5.74) is 3.34. The van der Waals surface area contributed by atoms with Gasteiger partial charge in [0.1, 0.15) is 17.2 Å². The summed E-state index contributed by atoms with van der Waals surface area (Å²) in [4.78, 5) is 8.21. The summed E-state index contributed by atoms with van der Waals surface area (Å²) in [7, 11) is -1.19. The molecule has 0 bridgehead atoms. The summed E-state index contributed by atoms with van der Waals surface area (Å²) >= 11 is 6.16. The summed E-state index contributed by atoms with van der Waals surface area (Å²) in [5.74, 6) is -0.413. The van der Waals surface area contributed by atoms with Crippen LogP contribution in [-0.4, -0.2) is 44.8 Å². The lowest BCUT2D eigenvalue weighted by atomic mass is 9.95. The van der Waals surface area contributed by atoms with Gasteiger partial charge in [-0.25, -0.2) is 4.39 Å². The molecule has 162 valence electrons. The Hall–Kier alpha value is -2.27. The topological polar surface area (TPSA) is 94.4 Å². The Morgan fingerprint density at radius 3 is 2.70 bits per heavy atom. The van der Waals surface area contributed by atoms with Crippen LogP contribution in [0.3, 0.4) is 0 Å². The molecular formula is C18H17ClF4N4O2S. The quantitative estimate of drug-likeness (QED) is 0.500. The Morgan fingerprint density at radius 1 is 1.43 bits per heavy atom. The normalized spacial score (nSPS) is 17.8. The molecule has 1 atom stereocenters. The standard InChI is InChI=1S/C18H17ClF4N4O2S/c1-30(28)7-6-25-13(9-14(24)18(21,22)23)15-26-16(27-29-15)17(4-5-17)11-3-2-10(20)8-12(11)19/h2-3,8-9H,4-7,24H2,1H3/b14-9-,25-13?. The summed E-state index contributed by atoms with van der Waals surface area (Å²) in [6, 6.07) is 3.95. The molecule has 3 rings (SSSR count). The van der Waals surface area contributed by atoms with Crippen LogP contribution in [0.4, 0.5) is 17.6 Å². The average molecular weight is 465 g/mol. The van der Waals surface area contributed by atoms with Gasteiger partial charge in [0.25, 0.3) is 5.89 Å². The fourth-order valence-electron chi connectivity index (χ4n) is 2.84. The van der Waals surface area contributed by atoms with Crippen molar-refractivity contribution in [2.24, 2.45) is 10.7 Å². The molecule has 0 spiro atoms. The largest absolute Gasteiger partial charge is 0.430 e. The minimum Gasteiger partial charge on any atom is -0.395 e. The van der Waals surface area contributed by atoms with Crippen molar-refractivity contribution >= 4 is 28.1 Å². The molecule has 2 aromatic rings. The molecule has 1 aromatic carbocycles. The fraction of sp³-hybridized carbons (Fsp3) is 0.389. The van der Waals surface area contributed by atoms with Crippen LogP contribution in [0.25, 0.3) is 0 Å². The first kappa shape index (κ1) is 22.4. The van der Waals surface area contributed by atoms with Gasteiger partial charge in [-0.2, -0.15) is 18.2 Å². The van der Waals surface area contributed by atoms with Crippen LogP contribution in [-0.2, 0) is 16.2 Å². The molecule has 6 nitrogen and oxygen atoms in total. The Kier molecular flexibility index (Phi) is 6.32. The van der Waals surface area contributed by atoms with Crippen LogP contribution in [0.15, 0.2) is 39.5 Å². The van der Waals surface area contributed by atoms with E-state index in [9.17, 15) is 21.8 Å². The van der Waals surface area contributed by atoms with E-state index in [1.54, 1.807) is 0 Å². The lowest BCUT2D eigenvalue weighted by Gasteiger charge is -2.12. The van der Waals surface area contributed by atoms with Gasteiger partial charge in [0.15, 0.2) is 5.82 Å². The molecule has 1 heterocycles. The van der Waals surface area contributed by atoms with Crippen LogP contribution in [0, 0.1) is 5.82 Å². The van der Waals surface area contributed by atoms with Crippen molar-refractivity contribution in [2.75, 3.05) is 18.6 Å². The van der Waals surface area contributed by atoms with Crippen LogP contribution in [0.2, 0.25) is 5.02 Å². The fourth-order valence-corrected chi connectivity index (χ4v) is 3.53. The monoisotopic (exact) mass is 464 g/mol. The molecular weight excluding hydrogens is 448 g/mol. The molecule has 1 aromatic heterocycles. The van der Waals surface area contributed by atoms with E-state index in [2.05, 4.69) is 15.1 Å². The predicted octanol–water partition coefficient (Wildman–Crippen LogP) is 3.51. The zero-order chi connectivity index (χ0) is 22.1. The molecule has 2 N–H and O–H groups in total. The summed E-state index contributed by atoms with van der Waals surface area (Å²) in [6.45, 7) is -0.0211. The number of alkyl halides is 3. The van der Waals surface area contributed by atoms with Crippen LogP contribution < -0.4 is 5.73 Å². The first-order valence-electron chi connectivity index (χ1n) is 8.72. The highest BCUT2D eigenvalue weighted by Gasteiger charge is 2.51. The molecule has 0 amide bonds. The lowest BCUT2D eigenvalue weighted by Crippen LogP contribution is -2.21. The predicted molar refractivity (Wildman–Crippen MR) is 104 cm³/mol. The first-order chi connectivity index (χ1) is 14.0. The maximum atomic E-state index is 13.4. The van der Waals surface area contributed by atoms with Gasteiger partial charge >= 0.3 is 6.18 Å². The zero-order valence-corrected chi connectivity index (χ0v) is 17.2. The molecule has 12 heteroatoms. The van der Waals surface area contributed by atoms with Crippen molar-refractivity contribution in [1.82, 2.24) is 10.1 Å². The Labute approximate surface area is 176 Å². The number of benzene rings is 1. The van der Waals surface area contributed by atoms with E-state index in [4.69, 9.17) is 21.9 Å². The third-order valence-corrected chi connectivity index (χ3v) is 5.62. The second kappa shape index (κ2) is 8.46. The van der Waals surface area contributed by atoms with Gasteiger partial charge in [-0.05, 0) is 36.6 Å². The minimum absolute atomic E-state index is 0.0211. The Balaban J connectivity index is 1.96. The maximum absolute atomic E-state index is 13.4. The summed E-state index contributed by atoms with van der Waals surface area (Å²) in [5, 5.41) is 4.09. The van der Waals surface area contributed by atoms with Crippen LogP contribution in [0.1, 0.15) is 30.1 Å². The highest BCUT2D eigenvalue weighted by molar-refractivity contribution is 7.84. The van der Waals surface area contributed by atoms with Crippen molar-refractivity contribution in [3.8, 4) is 0 Å². The van der Waals surface area contributed by atoms with Gasteiger partial charge < -0.3 is 10.3 Å². The van der Waals surface area contributed by atoms with E-state index < -0.39 is 33.9 Å². The summed E-state index contributed by atoms with van der Waals surface area (Å²) in [6.07, 6.45) is -1.50. The number of hydrogen-bond donors (Lipinski definition) is 1. The average Bonchev–Trinajstić information content (AvgIpc) is 3.28. The van der Waals surface area contributed by atoms with Gasteiger partial charge in [0.05, 0.1) is 12.0 Å². The highest BCUT2D eigenvalue weighted by atomic mass is 35.5. The highest BCUT2D eigenvalue weighted by Crippen LogP contribution is 2.54. The number of nitrogens with two attached hydrogens (primary N) is 1. The number of nitrogens with zero attached hydrogens (tertiary/aromatic N) is 3. The zero-order valence-electron chi connectivity index (χ0n) is 15.7. The van der Waals surface area contributed by atoms with Crippen LogP contribution >= 0.6 is 11.6 Å². The molecule has 1 aliphatic carbocycles. The number of allylic oxidation sites excluding steroid dienone is 2. The SMILES string of the molecule is CS(=O)CCN=C(/C=C(\N)C(F)(F)F)c1nc(C2(c3ccc(F)cc3Cl)CC2)no1. The minimum atomic E-state index is -4.77. The van der Waals surface area contributed by atoms with Gasteiger partial charge in [-0.1, -0.05) is 22.8 Å². The number of hydrogen-bond acceptors (Lipinski definition) is 6. The molecule has 0 saturated heterocycles. The van der Waals surface area contributed by atoms with Gasteiger partial charge in [-0.15, -0.1) is 0 Å². The number of halogens is 5. The number of rotatable bonds is 7. The molecule has 30 heavy (non-hydrogen) atoms. The summed E-state index contributed by atoms with van der Waals surface area (Å²) < 4.78 is 68.4. The molecule has 0 radical (unpaired) electrons. The second-order valence-electron chi connectivity index (χ2n) is 6.77. The van der Waals surface area contributed by atoms with E-state index in [-0.39, 0.29) is 34.7 Å². The first-order valence-corrected chi connectivity index (χ1v) is 10.8. The third kappa shape index (κ3) is 4.89. The molecule has 1 unspecified atom stereocenters. The van der Waals surface area contributed by atoms with Gasteiger partial charge in [0.2, 0.25) is 0 Å². The van der Waals surface area contributed by atoms with E-state index in [1.807, 2.05) is 0 Å². The van der Waals surface area contributed by atoms with Crippen molar-refractivity contribution < 1.29 is 26.3 Å². The molecule has 1 saturated carbocycles. The van der Waals surface area contributed by atoms with E-state index in [1.165, 1.54) is 24.5 Å². The van der Waals surface area contributed by atoms with E-state index in [0.29, 0.717) is 24.5 Å². The lowest BCUT2D eigenvalue weighted by molar-refractivity contribution is -0.0925. The second-order valence-corrected chi connectivity index (χ2v) is 8.73. The molecule has 1 fully saturated rings.